The highest BCUT2D eigenvalue weighted by atomic mass is 16.2. The number of benzene rings is 3. The van der Waals surface area contributed by atoms with Crippen LogP contribution in [0.2, 0.25) is 0 Å². The van der Waals surface area contributed by atoms with Crippen molar-refractivity contribution in [2.24, 2.45) is 0 Å². The van der Waals surface area contributed by atoms with Crippen molar-refractivity contribution in [1.82, 2.24) is 14.5 Å². The van der Waals surface area contributed by atoms with E-state index in [1.807, 2.05) is 103 Å². The Balaban J connectivity index is 1.51. The quantitative estimate of drug-likeness (QED) is 0.445. The molecule has 0 saturated carbocycles. The number of hydrogen-bond donors (Lipinski definition) is 1. The van der Waals surface area contributed by atoms with E-state index in [-0.39, 0.29) is 24.3 Å². The zero-order chi connectivity index (χ0) is 23.8. The van der Waals surface area contributed by atoms with Gasteiger partial charge in [-0.15, -0.1) is 0 Å². The number of para-hydroxylation sites is 2. The summed E-state index contributed by atoms with van der Waals surface area (Å²) in [5.74, 6) is 0.550. The van der Waals surface area contributed by atoms with Gasteiger partial charge in [0.25, 0.3) is 0 Å². The van der Waals surface area contributed by atoms with Crippen LogP contribution in [0, 0.1) is 13.8 Å². The molecule has 3 aromatic carbocycles. The first-order chi connectivity index (χ1) is 16.4. The van der Waals surface area contributed by atoms with Crippen LogP contribution in [-0.2, 0) is 16.1 Å². The predicted octanol–water partition coefficient (Wildman–Crippen LogP) is 5.33. The van der Waals surface area contributed by atoms with E-state index in [0.717, 1.165) is 39.2 Å². The highest BCUT2D eigenvalue weighted by Gasteiger charge is 2.40. The number of carbonyl (C=O) groups is 2. The number of anilines is 1. The summed E-state index contributed by atoms with van der Waals surface area (Å²) >= 11 is 0. The summed E-state index contributed by atoms with van der Waals surface area (Å²) in [4.78, 5) is 33.7. The van der Waals surface area contributed by atoms with E-state index in [4.69, 9.17) is 4.98 Å². The van der Waals surface area contributed by atoms with Gasteiger partial charge < -0.3 is 14.8 Å². The molecule has 0 radical (unpaired) electrons. The summed E-state index contributed by atoms with van der Waals surface area (Å²) in [6.45, 7) is 6.48. The molecule has 0 bridgehead atoms. The van der Waals surface area contributed by atoms with E-state index in [0.29, 0.717) is 6.54 Å². The molecule has 0 aliphatic carbocycles. The number of imidazole rings is 1. The lowest BCUT2D eigenvalue weighted by atomic mass is 10.0. The molecule has 6 nitrogen and oxygen atoms in total. The summed E-state index contributed by atoms with van der Waals surface area (Å²) in [6, 6.07) is 22.7. The lowest BCUT2D eigenvalue weighted by Crippen LogP contribution is -2.45. The molecule has 0 saturated heterocycles. The van der Waals surface area contributed by atoms with Gasteiger partial charge in [0.05, 0.1) is 23.5 Å². The number of aromatic nitrogens is 2. The summed E-state index contributed by atoms with van der Waals surface area (Å²) in [5.41, 5.74) is 5.67. The minimum atomic E-state index is -0.660. The Morgan fingerprint density at radius 2 is 1.71 bits per heavy atom. The zero-order valence-electron chi connectivity index (χ0n) is 19.7. The van der Waals surface area contributed by atoms with Gasteiger partial charge in [-0.3, -0.25) is 9.59 Å². The molecule has 2 heterocycles. The van der Waals surface area contributed by atoms with E-state index in [9.17, 15) is 9.59 Å². The van der Waals surface area contributed by atoms with Gasteiger partial charge in [0.2, 0.25) is 11.8 Å². The number of hydrogen-bond acceptors (Lipinski definition) is 3. The zero-order valence-corrected chi connectivity index (χ0v) is 19.7. The van der Waals surface area contributed by atoms with Gasteiger partial charge in [-0.05, 0) is 55.7 Å². The van der Waals surface area contributed by atoms with Gasteiger partial charge >= 0.3 is 0 Å². The second-order valence-electron chi connectivity index (χ2n) is 8.97. The molecule has 1 aliphatic heterocycles. The predicted molar refractivity (Wildman–Crippen MR) is 133 cm³/mol. The van der Waals surface area contributed by atoms with E-state index in [1.54, 1.807) is 0 Å². The Bertz CT molecular complexity index is 1380. The molecule has 1 aromatic heterocycles. The Kier molecular flexibility index (Phi) is 5.65. The molecule has 0 spiro atoms. The Hall–Kier alpha value is -3.93. The van der Waals surface area contributed by atoms with Crippen LogP contribution in [-0.4, -0.2) is 26.3 Å². The maximum Gasteiger partial charge on any atom is 0.247 e. The molecule has 2 unspecified atom stereocenters. The maximum atomic E-state index is 13.9. The van der Waals surface area contributed by atoms with Crippen molar-refractivity contribution < 1.29 is 9.59 Å². The normalized spacial score (nSPS) is 17.6. The molecule has 1 N–H and O–H groups in total. The smallest absolute Gasteiger partial charge is 0.247 e. The molecular weight excluding hydrogens is 424 g/mol. The first-order valence-electron chi connectivity index (χ1n) is 11.6. The molecule has 2 amide bonds. The topological polar surface area (TPSA) is 67.2 Å². The third kappa shape index (κ3) is 3.85. The number of nitrogens with one attached hydrogen (secondary N) is 1. The van der Waals surface area contributed by atoms with Crippen LogP contribution < -0.4 is 5.32 Å². The molecular formula is C28H28N4O2. The van der Waals surface area contributed by atoms with Crippen LogP contribution in [0.4, 0.5) is 5.69 Å². The van der Waals surface area contributed by atoms with E-state index < -0.39 is 6.04 Å². The lowest BCUT2D eigenvalue weighted by Gasteiger charge is -2.38. The summed E-state index contributed by atoms with van der Waals surface area (Å²) in [7, 11) is 0. The number of fused-ring (bicyclic) bond motifs is 3. The van der Waals surface area contributed by atoms with Gasteiger partial charge in [-0.2, -0.15) is 0 Å². The van der Waals surface area contributed by atoms with Crippen molar-refractivity contribution in [2.45, 2.75) is 45.8 Å². The molecule has 172 valence electrons. The van der Waals surface area contributed by atoms with E-state index in [2.05, 4.69) is 5.32 Å². The largest absolute Gasteiger partial charge is 0.327 e. The third-order valence-electron chi connectivity index (χ3n) is 6.80. The van der Waals surface area contributed by atoms with E-state index >= 15 is 0 Å². The highest BCUT2D eigenvalue weighted by Crippen LogP contribution is 2.37. The lowest BCUT2D eigenvalue weighted by molar-refractivity contribution is -0.142. The van der Waals surface area contributed by atoms with Crippen molar-refractivity contribution in [3.05, 3.63) is 95.3 Å². The first kappa shape index (κ1) is 21.9. The van der Waals surface area contributed by atoms with Crippen LogP contribution in [0.5, 0.6) is 0 Å². The second-order valence-corrected chi connectivity index (χ2v) is 8.97. The highest BCUT2D eigenvalue weighted by molar-refractivity contribution is 5.96. The fourth-order valence-electron chi connectivity index (χ4n) is 4.75. The molecule has 6 heteroatoms. The number of nitrogens with zero attached hydrogens (tertiary/aromatic N) is 3. The summed E-state index contributed by atoms with van der Waals surface area (Å²) in [5, 5.41) is 3.02. The van der Waals surface area contributed by atoms with Crippen LogP contribution in [0.1, 0.15) is 47.9 Å². The fourth-order valence-corrected chi connectivity index (χ4v) is 4.75. The van der Waals surface area contributed by atoms with Crippen LogP contribution in [0.25, 0.3) is 11.0 Å². The molecule has 34 heavy (non-hydrogen) atoms. The molecule has 5 rings (SSSR count). The van der Waals surface area contributed by atoms with Crippen molar-refractivity contribution in [1.29, 1.82) is 0 Å². The Morgan fingerprint density at radius 3 is 2.50 bits per heavy atom. The molecule has 0 fully saturated rings. The first-order valence-corrected chi connectivity index (χ1v) is 11.6. The number of amides is 2. The van der Waals surface area contributed by atoms with Crippen molar-refractivity contribution in [2.75, 3.05) is 5.32 Å². The maximum absolute atomic E-state index is 13.9. The Labute approximate surface area is 199 Å². The SMILES string of the molecule is Cc1cccc(NC(=O)CC2C(=O)N(Cc3ccccc3)C(C)c3nc4ccccc4n32)c1C. The number of rotatable bonds is 5. The molecule has 1 aliphatic rings. The van der Waals surface area contributed by atoms with Gasteiger partial charge in [0, 0.05) is 12.2 Å². The average Bonchev–Trinajstić information content (AvgIpc) is 3.23. The number of aryl methyl sites for hydroxylation is 1. The monoisotopic (exact) mass is 452 g/mol. The summed E-state index contributed by atoms with van der Waals surface area (Å²) in [6.07, 6.45) is 0.0393. The second kappa shape index (κ2) is 8.78. The minimum Gasteiger partial charge on any atom is -0.327 e. The fraction of sp³-hybridized carbons (Fsp3) is 0.250. The van der Waals surface area contributed by atoms with Crippen LogP contribution in [0.15, 0.2) is 72.8 Å². The third-order valence-corrected chi connectivity index (χ3v) is 6.80. The van der Waals surface area contributed by atoms with Crippen molar-refractivity contribution in [3.63, 3.8) is 0 Å². The van der Waals surface area contributed by atoms with Crippen molar-refractivity contribution in [3.8, 4) is 0 Å². The Morgan fingerprint density at radius 1 is 0.971 bits per heavy atom. The van der Waals surface area contributed by atoms with E-state index in [1.165, 1.54) is 0 Å². The van der Waals surface area contributed by atoms with Crippen molar-refractivity contribution >= 4 is 28.5 Å². The minimum absolute atomic E-state index is 0.0393. The van der Waals surface area contributed by atoms with Gasteiger partial charge in [0.15, 0.2) is 0 Å². The number of carbonyl (C=O) groups excluding carboxylic acids is 2. The van der Waals surface area contributed by atoms with Gasteiger partial charge in [-0.25, -0.2) is 4.98 Å². The van der Waals surface area contributed by atoms with Crippen LogP contribution in [0.3, 0.4) is 0 Å². The molecule has 2 atom stereocenters. The standard InChI is InChI=1S/C28H28N4O2/c1-18-10-9-14-22(19(18)2)29-26(33)16-25-28(34)31(17-21-11-5-4-6-12-21)20(3)27-30-23-13-7-8-15-24(23)32(25)27/h4-15,20,25H,16-17H2,1-3H3,(H,29,33). The average molecular weight is 453 g/mol. The van der Waals surface area contributed by atoms with Gasteiger partial charge in [-0.1, -0.05) is 54.6 Å². The summed E-state index contributed by atoms with van der Waals surface area (Å²) < 4.78 is 1.96. The molecule has 4 aromatic rings. The van der Waals surface area contributed by atoms with Gasteiger partial charge in [0.1, 0.15) is 11.9 Å². The van der Waals surface area contributed by atoms with Crippen LogP contribution >= 0.6 is 0 Å².